The second-order valence-electron chi connectivity index (χ2n) is 4.72. The van der Waals surface area contributed by atoms with E-state index in [1.54, 1.807) is 0 Å². The Labute approximate surface area is 109 Å². The summed E-state index contributed by atoms with van der Waals surface area (Å²) < 4.78 is 5.40. The highest BCUT2D eigenvalue weighted by Crippen LogP contribution is 2.18. The molecule has 0 saturated carbocycles. The van der Waals surface area contributed by atoms with Crippen molar-refractivity contribution in [3.05, 3.63) is 29.8 Å². The minimum atomic E-state index is -0.152. The average molecular weight is 250 g/mol. The van der Waals surface area contributed by atoms with Crippen LogP contribution in [-0.4, -0.2) is 25.1 Å². The van der Waals surface area contributed by atoms with Crippen LogP contribution in [0.3, 0.4) is 0 Å². The van der Waals surface area contributed by atoms with Crippen LogP contribution in [0.15, 0.2) is 24.3 Å². The Kier molecular flexibility index (Phi) is 5.65. The third kappa shape index (κ3) is 4.75. The molecule has 1 amide bonds. The smallest absolute Gasteiger partial charge is 0.258 e. The summed E-state index contributed by atoms with van der Waals surface area (Å²) in [4.78, 5) is 11.5. The Morgan fingerprint density at radius 2 is 1.89 bits per heavy atom. The van der Waals surface area contributed by atoms with E-state index in [1.807, 2.05) is 31.2 Å². The summed E-state index contributed by atoms with van der Waals surface area (Å²) in [6.45, 7) is 6.57. The van der Waals surface area contributed by atoms with Gasteiger partial charge in [0.25, 0.3) is 5.91 Å². The van der Waals surface area contributed by atoms with Crippen molar-refractivity contribution in [2.75, 3.05) is 13.2 Å². The van der Waals surface area contributed by atoms with Gasteiger partial charge in [0.2, 0.25) is 0 Å². The molecule has 0 fully saturated rings. The molecule has 0 heterocycles. The quantitative estimate of drug-likeness (QED) is 0.807. The first-order valence-electron chi connectivity index (χ1n) is 6.25. The molecule has 3 N–H and O–H groups in total. The SMILES string of the molecule is CC(C)c1ccc(OCC(=O)N[C@@H](C)CN)cc1. The third-order valence-corrected chi connectivity index (χ3v) is 2.68. The molecule has 0 aliphatic carbocycles. The highest BCUT2D eigenvalue weighted by Gasteiger charge is 2.06. The molecule has 1 atom stereocenters. The second-order valence-corrected chi connectivity index (χ2v) is 4.72. The Balaban J connectivity index is 2.41. The summed E-state index contributed by atoms with van der Waals surface area (Å²) >= 11 is 0. The molecule has 1 rings (SSSR count). The molecular weight excluding hydrogens is 228 g/mol. The fraction of sp³-hybridized carbons (Fsp3) is 0.500. The molecular formula is C14H22N2O2. The van der Waals surface area contributed by atoms with E-state index < -0.39 is 0 Å². The van der Waals surface area contributed by atoms with Crippen molar-refractivity contribution in [3.8, 4) is 5.75 Å². The van der Waals surface area contributed by atoms with Crippen molar-refractivity contribution in [1.82, 2.24) is 5.32 Å². The summed E-state index contributed by atoms with van der Waals surface area (Å²) in [6, 6.07) is 7.77. The van der Waals surface area contributed by atoms with Gasteiger partial charge in [0, 0.05) is 12.6 Å². The van der Waals surface area contributed by atoms with Crippen LogP contribution in [0.5, 0.6) is 5.75 Å². The lowest BCUT2D eigenvalue weighted by Crippen LogP contribution is -2.40. The standard InChI is InChI=1S/C14H22N2O2/c1-10(2)12-4-6-13(7-5-12)18-9-14(17)16-11(3)8-15/h4-7,10-11H,8-9,15H2,1-3H3,(H,16,17)/t11-/m0/s1. The van der Waals surface area contributed by atoms with Crippen LogP contribution in [-0.2, 0) is 4.79 Å². The van der Waals surface area contributed by atoms with Crippen molar-refractivity contribution in [1.29, 1.82) is 0 Å². The Morgan fingerprint density at radius 1 is 1.28 bits per heavy atom. The van der Waals surface area contributed by atoms with Gasteiger partial charge >= 0.3 is 0 Å². The summed E-state index contributed by atoms with van der Waals surface area (Å²) in [6.07, 6.45) is 0. The average Bonchev–Trinajstić information content (AvgIpc) is 2.36. The molecule has 0 radical (unpaired) electrons. The maximum Gasteiger partial charge on any atom is 0.258 e. The zero-order valence-corrected chi connectivity index (χ0v) is 11.3. The number of amides is 1. The number of hydrogen-bond acceptors (Lipinski definition) is 3. The number of carbonyl (C=O) groups excluding carboxylic acids is 1. The van der Waals surface area contributed by atoms with E-state index >= 15 is 0 Å². The molecule has 0 aromatic heterocycles. The summed E-state index contributed by atoms with van der Waals surface area (Å²) in [7, 11) is 0. The lowest BCUT2D eigenvalue weighted by Gasteiger charge is -2.12. The predicted octanol–water partition coefficient (Wildman–Crippen LogP) is 1.65. The fourth-order valence-corrected chi connectivity index (χ4v) is 1.47. The number of benzene rings is 1. The van der Waals surface area contributed by atoms with E-state index in [9.17, 15) is 4.79 Å². The van der Waals surface area contributed by atoms with Gasteiger partial charge in [0.15, 0.2) is 6.61 Å². The van der Waals surface area contributed by atoms with Gasteiger partial charge in [-0.2, -0.15) is 0 Å². The molecule has 1 aromatic rings. The van der Waals surface area contributed by atoms with Gasteiger partial charge in [-0.05, 0) is 30.5 Å². The molecule has 0 aliphatic rings. The maximum absolute atomic E-state index is 11.5. The lowest BCUT2D eigenvalue weighted by atomic mass is 10.0. The summed E-state index contributed by atoms with van der Waals surface area (Å²) in [5, 5.41) is 2.74. The number of carbonyl (C=O) groups is 1. The number of ether oxygens (including phenoxy) is 1. The van der Waals surface area contributed by atoms with Gasteiger partial charge in [-0.15, -0.1) is 0 Å². The Hall–Kier alpha value is -1.55. The third-order valence-electron chi connectivity index (χ3n) is 2.68. The minimum Gasteiger partial charge on any atom is -0.484 e. The van der Waals surface area contributed by atoms with Crippen molar-refractivity contribution < 1.29 is 9.53 Å². The fourth-order valence-electron chi connectivity index (χ4n) is 1.47. The number of hydrogen-bond donors (Lipinski definition) is 2. The molecule has 0 unspecified atom stereocenters. The Bertz CT molecular complexity index is 374. The predicted molar refractivity (Wildman–Crippen MR) is 72.7 cm³/mol. The number of nitrogens with one attached hydrogen (secondary N) is 1. The molecule has 4 nitrogen and oxygen atoms in total. The molecule has 0 saturated heterocycles. The van der Waals surface area contributed by atoms with E-state index in [-0.39, 0.29) is 18.6 Å². The Morgan fingerprint density at radius 3 is 2.39 bits per heavy atom. The molecule has 18 heavy (non-hydrogen) atoms. The largest absolute Gasteiger partial charge is 0.484 e. The van der Waals surface area contributed by atoms with Crippen molar-refractivity contribution in [3.63, 3.8) is 0 Å². The molecule has 0 bridgehead atoms. The van der Waals surface area contributed by atoms with E-state index in [0.717, 1.165) is 0 Å². The summed E-state index contributed by atoms with van der Waals surface area (Å²) in [5.41, 5.74) is 6.67. The van der Waals surface area contributed by atoms with Crippen LogP contribution in [0, 0.1) is 0 Å². The first kappa shape index (κ1) is 14.5. The van der Waals surface area contributed by atoms with Gasteiger partial charge in [0.1, 0.15) is 5.75 Å². The van der Waals surface area contributed by atoms with Crippen LogP contribution < -0.4 is 15.8 Å². The first-order chi connectivity index (χ1) is 8.52. The highest BCUT2D eigenvalue weighted by molar-refractivity contribution is 5.77. The maximum atomic E-state index is 11.5. The van der Waals surface area contributed by atoms with Crippen LogP contribution in [0.2, 0.25) is 0 Å². The van der Waals surface area contributed by atoms with E-state index in [4.69, 9.17) is 10.5 Å². The van der Waals surface area contributed by atoms with Gasteiger partial charge in [-0.1, -0.05) is 26.0 Å². The first-order valence-corrected chi connectivity index (χ1v) is 6.25. The van der Waals surface area contributed by atoms with E-state index in [2.05, 4.69) is 19.2 Å². The van der Waals surface area contributed by atoms with Crippen molar-refractivity contribution >= 4 is 5.91 Å². The van der Waals surface area contributed by atoms with Crippen LogP contribution in [0.1, 0.15) is 32.3 Å². The van der Waals surface area contributed by atoms with Crippen LogP contribution in [0.4, 0.5) is 0 Å². The zero-order chi connectivity index (χ0) is 13.5. The van der Waals surface area contributed by atoms with Crippen LogP contribution >= 0.6 is 0 Å². The second kappa shape index (κ2) is 7.01. The number of rotatable bonds is 6. The van der Waals surface area contributed by atoms with Gasteiger partial charge in [-0.3, -0.25) is 4.79 Å². The molecule has 0 spiro atoms. The van der Waals surface area contributed by atoms with E-state index in [1.165, 1.54) is 5.56 Å². The van der Waals surface area contributed by atoms with Crippen molar-refractivity contribution in [2.45, 2.75) is 32.7 Å². The molecule has 100 valence electrons. The normalized spacial score (nSPS) is 12.3. The summed E-state index contributed by atoms with van der Waals surface area (Å²) in [5.74, 6) is 1.04. The van der Waals surface area contributed by atoms with Crippen LogP contribution in [0.25, 0.3) is 0 Å². The number of nitrogens with two attached hydrogens (primary N) is 1. The van der Waals surface area contributed by atoms with E-state index in [0.29, 0.717) is 18.2 Å². The van der Waals surface area contributed by atoms with Gasteiger partial charge in [-0.25, -0.2) is 0 Å². The van der Waals surface area contributed by atoms with Gasteiger partial charge < -0.3 is 15.8 Å². The topological polar surface area (TPSA) is 64.3 Å². The molecule has 1 aromatic carbocycles. The van der Waals surface area contributed by atoms with Gasteiger partial charge in [0.05, 0.1) is 0 Å². The minimum absolute atomic E-state index is 0.0192. The van der Waals surface area contributed by atoms with Crippen molar-refractivity contribution in [2.24, 2.45) is 5.73 Å². The molecule has 4 heteroatoms. The lowest BCUT2D eigenvalue weighted by molar-refractivity contribution is -0.123. The monoisotopic (exact) mass is 250 g/mol. The molecule has 0 aliphatic heterocycles. The zero-order valence-electron chi connectivity index (χ0n) is 11.3. The highest BCUT2D eigenvalue weighted by atomic mass is 16.5.